The van der Waals surface area contributed by atoms with E-state index in [2.05, 4.69) is 5.32 Å². The van der Waals surface area contributed by atoms with E-state index in [0.29, 0.717) is 17.1 Å². The van der Waals surface area contributed by atoms with Crippen LogP contribution in [0.5, 0.6) is 5.75 Å². The number of nitrogens with one attached hydrogen (secondary N) is 1. The quantitative estimate of drug-likeness (QED) is 0.670. The van der Waals surface area contributed by atoms with Crippen molar-refractivity contribution in [2.24, 2.45) is 0 Å². The van der Waals surface area contributed by atoms with Crippen LogP contribution < -0.4 is 15.8 Å². The highest BCUT2D eigenvalue weighted by atomic mass is 16.5. The van der Waals surface area contributed by atoms with Crippen LogP contribution in [0, 0.1) is 13.8 Å². The number of carbonyl (C=O) groups excluding carboxylic acids is 1. The number of aryl methyl sites for hydroxylation is 2. The molecule has 4 heteroatoms. The second-order valence-electron chi connectivity index (χ2n) is 5.14. The predicted octanol–water partition coefficient (Wildman–Crippen LogP) is 3.55. The molecule has 0 bridgehead atoms. The van der Waals surface area contributed by atoms with Gasteiger partial charge in [0, 0.05) is 11.8 Å². The minimum atomic E-state index is -0.219. The molecule has 0 atom stereocenters. The molecule has 2 aromatic carbocycles. The van der Waals surface area contributed by atoms with Crippen molar-refractivity contribution in [3.63, 3.8) is 0 Å². The first-order chi connectivity index (χ1) is 10.5. The maximum atomic E-state index is 12.0. The van der Waals surface area contributed by atoms with Crippen molar-refractivity contribution in [1.82, 2.24) is 0 Å². The Morgan fingerprint density at radius 2 is 1.95 bits per heavy atom. The summed E-state index contributed by atoms with van der Waals surface area (Å²) in [5.41, 5.74) is 10.2. The van der Waals surface area contributed by atoms with Gasteiger partial charge in [0.15, 0.2) is 0 Å². The third kappa shape index (κ3) is 3.88. The van der Waals surface area contributed by atoms with Crippen LogP contribution in [0.25, 0.3) is 6.08 Å². The highest BCUT2D eigenvalue weighted by molar-refractivity contribution is 6.02. The van der Waals surface area contributed by atoms with E-state index in [1.165, 1.54) is 6.08 Å². The van der Waals surface area contributed by atoms with E-state index < -0.39 is 0 Å². The highest BCUT2D eigenvalue weighted by Gasteiger charge is 2.05. The Bertz CT molecular complexity index is 721. The number of nitrogen functional groups attached to an aromatic ring is 1. The van der Waals surface area contributed by atoms with Crippen LogP contribution in [0.3, 0.4) is 0 Å². The smallest absolute Gasteiger partial charge is 0.248 e. The molecule has 0 unspecified atom stereocenters. The average Bonchev–Trinajstić information content (AvgIpc) is 2.49. The SMILES string of the molecule is COc1ccc(C)cc1NC(=O)/C=C/c1ccc(C)c(N)c1. The second-order valence-corrected chi connectivity index (χ2v) is 5.14. The van der Waals surface area contributed by atoms with Gasteiger partial charge in [-0.3, -0.25) is 4.79 Å². The lowest BCUT2D eigenvalue weighted by atomic mass is 10.1. The normalized spacial score (nSPS) is 10.7. The summed E-state index contributed by atoms with van der Waals surface area (Å²) in [5, 5.41) is 2.82. The summed E-state index contributed by atoms with van der Waals surface area (Å²) in [6.45, 7) is 3.90. The zero-order valence-electron chi connectivity index (χ0n) is 13.0. The Labute approximate surface area is 130 Å². The third-order valence-electron chi connectivity index (χ3n) is 3.34. The van der Waals surface area contributed by atoms with Crippen LogP contribution in [0.15, 0.2) is 42.5 Å². The van der Waals surface area contributed by atoms with Crippen molar-refractivity contribution in [1.29, 1.82) is 0 Å². The number of hydrogen-bond donors (Lipinski definition) is 2. The number of anilines is 2. The third-order valence-corrected chi connectivity index (χ3v) is 3.34. The lowest BCUT2D eigenvalue weighted by Crippen LogP contribution is -2.09. The van der Waals surface area contributed by atoms with Gasteiger partial charge in [-0.2, -0.15) is 0 Å². The van der Waals surface area contributed by atoms with Crippen LogP contribution >= 0.6 is 0 Å². The Morgan fingerprint density at radius 3 is 2.64 bits per heavy atom. The van der Waals surface area contributed by atoms with Crippen molar-refractivity contribution >= 4 is 23.4 Å². The van der Waals surface area contributed by atoms with Gasteiger partial charge in [0.25, 0.3) is 0 Å². The minimum Gasteiger partial charge on any atom is -0.495 e. The fourth-order valence-electron chi connectivity index (χ4n) is 2.03. The molecular weight excluding hydrogens is 276 g/mol. The molecular formula is C18H20N2O2. The number of carbonyl (C=O) groups is 1. The standard InChI is InChI=1S/C18H20N2O2/c1-12-4-8-17(22-3)16(10-12)20-18(21)9-7-14-6-5-13(2)15(19)11-14/h4-11H,19H2,1-3H3,(H,20,21)/b9-7+. The molecule has 0 saturated carbocycles. The van der Waals surface area contributed by atoms with Crippen LogP contribution in [0.4, 0.5) is 11.4 Å². The van der Waals surface area contributed by atoms with Crippen molar-refractivity contribution in [3.05, 3.63) is 59.2 Å². The molecule has 4 nitrogen and oxygen atoms in total. The molecule has 0 aliphatic carbocycles. The largest absolute Gasteiger partial charge is 0.495 e. The second kappa shape index (κ2) is 6.80. The Kier molecular flexibility index (Phi) is 4.84. The molecule has 0 fully saturated rings. The zero-order valence-corrected chi connectivity index (χ0v) is 13.0. The number of methoxy groups -OCH3 is 1. The van der Waals surface area contributed by atoms with Crippen LogP contribution in [0.1, 0.15) is 16.7 Å². The predicted molar refractivity (Wildman–Crippen MR) is 91.0 cm³/mol. The van der Waals surface area contributed by atoms with E-state index in [1.54, 1.807) is 13.2 Å². The molecule has 3 N–H and O–H groups in total. The molecule has 0 aliphatic rings. The number of amides is 1. The van der Waals surface area contributed by atoms with E-state index in [0.717, 1.165) is 16.7 Å². The monoisotopic (exact) mass is 296 g/mol. The molecule has 2 aromatic rings. The number of rotatable bonds is 4. The van der Waals surface area contributed by atoms with E-state index in [-0.39, 0.29) is 5.91 Å². The number of hydrogen-bond acceptors (Lipinski definition) is 3. The van der Waals surface area contributed by atoms with Crippen molar-refractivity contribution in [2.75, 3.05) is 18.2 Å². The van der Waals surface area contributed by atoms with E-state index in [4.69, 9.17) is 10.5 Å². The molecule has 0 aromatic heterocycles. The summed E-state index contributed by atoms with van der Waals surface area (Å²) in [6.07, 6.45) is 3.21. The number of ether oxygens (including phenoxy) is 1. The molecule has 22 heavy (non-hydrogen) atoms. The van der Waals surface area contributed by atoms with Gasteiger partial charge in [0.05, 0.1) is 12.8 Å². The van der Waals surface area contributed by atoms with Gasteiger partial charge in [0.2, 0.25) is 5.91 Å². The van der Waals surface area contributed by atoms with Gasteiger partial charge in [-0.05, 0) is 54.8 Å². The van der Waals surface area contributed by atoms with Crippen LogP contribution in [-0.2, 0) is 4.79 Å². The summed E-state index contributed by atoms with van der Waals surface area (Å²) in [7, 11) is 1.57. The molecule has 0 aliphatic heterocycles. The fraction of sp³-hybridized carbons (Fsp3) is 0.167. The van der Waals surface area contributed by atoms with Gasteiger partial charge < -0.3 is 15.8 Å². The van der Waals surface area contributed by atoms with Crippen LogP contribution in [-0.4, -0.2) is 13.0 Å². The average molecular weight is 296 g/mol. The van der Waals surface area contributed by atoms with Crippen molar-refractivity contribution < 1.29 is 9.53 Å². The summed E-state index contributed by atoms with van der Waals surface area (Å²) in [4.78, 5) is 12.0. The fourth-order valence-corrected chi connectivity index (χ4v) is 2.03. The number of nitrogens with two attached hydrogens (primary N) is 1. The summed E-state index contributed by atoms with van der Waals surface area (Å²) in [6, 6.07) is 11.3. The first-order valence-electron chi connectivity index (χ1n) is 6.99. The first kappa shape index (κ1) is 15.6. The van der Waals surface area contributed by atoms with E-state index in [1.807, 2.05) is 50.2 Å². The first-order valence-corrected chi connectivity index (χ1v) is 6.99. The topological polar surface area (TPSA) is 64.3 Å². The number of benzene rings is 2. The molecule has 0 spiro atoms. The van der Waals surface area contributed by atoms with Gasteiger partial charge in [-0.1, -0.05) is 18.2 Å². The highest BCUT2D eigenvalue weighted by Crippen LogP contribution is 2.25. The Morgan fingerprint density at radius 1 is 1.18 bits per heavy atom. The molecule has 0 radical (unpaired) electrons. The molecule has 0 saturated heterocycles. The zero-order chi connectivity index (χ0) is 16.1. The van der Waals surface area contributed by atoms with Gasteiger partial charge in [0.1, 0.15) is 5.75 Å². The summed E-state index contributed by atoms with van der Waals surface area (Å²) in [5.74, 6) is 0.412. The van der Waals surface area contributed by atoms with Crippen molar-refractivity contribution in [3.8, 4) is 5.75 Å². The molecule has 114 valence electrons. The van der Waals surface area contributed by atoms with E-state index in [9.17, 15) is 4.79 Å². The van der Waals surface area contributed by atoms with Crippen molar-refractivity contribution in [2.45, 2.75) is 13.8 Å². The van der Waals surface area contributed by atoms with Gasteiger partial charge >= 0.3 is 0 Å². The lowest BCUT2D eigenvalue weighted by Gasteiger charge is -2.09. The summed E-state index contributed by atoms with van der Waals surface area (Å²) >= 11 is 0. The maximum absolute atomic E-state index is 12.0. The Balaban J connectivity index is 2.11. The maximum Gasteiger partial charge on any atom is 0.248 e. The van der Waals surface area contributed by atoms with Gasteiger partial charge in [-0.25, -0.2) is 0 Å². The minimum absolute atomic E-state index is 0.219. The van der Waals surface area contributed by atoms with Crippen LogP contribution in [0.2, 0.25) is 0 Å². The lowest BCUT2D eigenvalue weighted by molar-refractivity contribution is -0.111. The van der Waals surface area contributed by atoms with Gasteiger partial charge in [-0.15, -0.1) is 0 Å². The molecule has 2 rings (SSSR count). The summed E-state index contributed by atoms with van der Waals surface area (Å²) < 4.78 is 5.24. The molecule has 1 amide bonds. The molecule has 0 heterocycles. The van der Waals surface area contributed by atoms with E-state index >= 15 is 0 Å². The Hall–Kier alpha value is -2.75.